The summed E-state index contributed by atoms with van der Waals surface area (Å²) >= 11 is 5.85. The van der Waals surface area contributed by atoms with Crippen LogP contribution in [0.5, 0.6) is 0 Å². The topological polar surface area (TPSA) is 95.3 Å². The SMILES string of the molecule is CC(C)c1ncc(Cl)c(C(=O)NC(CO)CO)n1. The van der Waals surface area contributed by atoms with Crippen molar-refractivity contribution < 1.29 is 15.0 Å². The molecule has 6 nitrogen and oxygen atoms in total. The van der Waals surface area contributed by atoms with Crippen molar-refractivity contribution in [2.45, 2.75) is 25.8 Å². The summed E-state index contributed by atoms with van der Waals surface area (Å²) in [6, 6.07) is -0.731. The maximum absolute atomic E-state index is 11.9. The van der Waals surface area contributed by atoms with Crippen molar-refractivity contribution in [2.75, 3.05) is 13.2 Å². The minimum Gasteiger partial charge on any atom is -0.394 e. The highest BCUT2D eigenvalue weighted by molar-refractivity contribution is 6.33. The average Bonchev–Trinajstić information content (AvgIpc) is 2.35. The minimum absolute atomic E-state index is 0.0438. The Hall–Kier alpha value is -1.24. The maximum atomic E-state index is 11.9. The number of amides is 1. The van der Waals surface area contributed by atoms with Crippen molar-refractivity contribution in [3.05, 3.63) is 22.7 Å². The highest BCUT2D eigenvalue weighted by atomic mass is 35.5. The number of hydrogen-bond donors (Lipinski definition) is 3. The number of aliphatic hydroxyl groups excluding tert-OH is 2. The summed E-state index contributed by atoms with van der Waals surface area (Å²) in [4.78, 5) is 20.0. The van der Waals surface area contributed by atoms with E-state index in [0.29, 0.717) is 5.82 Å². The fourth-order valence-corrected chi connectivity index (χ4v) is 1.40. The van der Waals surface area contributed by atoms with E-state index in [0.717, 1.165) is 0 Å². The van der Waals surface area contributed by atoms with Crippen LogP contribution in [-0.4, -0.2) is 45.3 Å². The predicted molar refractivity (Wildman–Crippen MR) is 66.6 cm³/mol. The van der Waals surface area contributed by atoms with Gasteiger partial charge in [-0.2, -0.15) is 0 Å². The van der Waals surface area contributed by atoms with Crippen LogP contribution in [0.4, 0.5) is 0 Å². The Labute approximate surface area is 110 Å². The molecule has 1 aromatic rings. The summed E-state index contributed by atoms with van der Waals surface area (Å²) < 4.78 is 0. The van der Waals surface area contributed by atoms with E-state index in [1.54, 1.807) is 0 Å². The van der Waals surface area contributed by atoms with Gasteiger partial charge in [-0.15, -0.1) is 0 Å². The Morgan fingerprint density at radius 3 is 2.56 bits per heavy atom. The van der Waals surface area contributed by atoms with Gasteiger partial charge in [0.2, 0.25) is 0 Å². The molecule has 18 heavy (non-hydrogen) atoms. The summed E-state index contributed by atoms with van der Waals surface area (Å²) in [5.74, 6) is 0.0341. The molecule has 0 unspecified atom stereocenters. The molecule has 100 valence electrons. The summed E-state index contributed by atoms with van der Waals surface area (Å²) in [5, 5.41) is 20.3. The molecule has 0 radical (unpaired) electrons. The molecule has 0 aliphatic heterocycles. The zero-order valence-electron chi connectivity index (χ0n) is 10.2. The van der Waals surface area contributed by atoms with Crippen LogP contribution in [0.15, 0.2) is 6.20 Å². The van der Waals surface area contributed by atoms with Crippen LogP contribution >= 0.6 is 11.6 Å². The summed E-state index contributed by atoms with van der Waals surface area (Å²) in [5.41, 5.74) is 0.0438. The lowest BCUT2D eigenvalue weighted by Gasteiger charge is -2.14. The molecule has 3 N–H and O–H groups in total. The molecule has 0 fully saturated rings. The molecule has 0 saturated heterocycles. The fourth-order valence-electron chi connectivity index (χ4n) is 1.22. The number of rotatable bonds is 5. The van der Waals surface area contributed by atoms with E-state index in [1.165, 1.54) is 6.20 Å². The van der Waals surface area contributed by atoms with Crippen molar-refractivity contribution in [2.24, 2.45) is 0 Å². The average molecular weight is 274 g/mol. The van der Waals surface area contributed by atoms with E-state index in [1.807, 2.05) is 13.8 Å². The standard InChI is InChI=1S/C11H16ClN3O3/c1-6(2)10-13-3-8(12)9(15-10)11(18)14-7(4-16)5-17/h3,6-7,16-17H,4-5H2,1-2H3,(H,14,18). The molecular weight excluding hydrogens is 258 g/mol. The third-order valence-corrected chi connectivity index (χ3v) is 2.55. The molecule has 1 heterocycles. The number of hydrogen-bond acceptors (Lipinski definition) is 5. The first-order chi connectivity index (χ1) is 8.49. The monoisotopic (exact) mass is 273 g/mol. The van der Waals surface area contributed by atoms with Crippen molar-refractivity contribution in [1.29, 1.82) is 0 Å². The molecule has 7 heteroatoms. The third-order valence-electron chi connectivity index (χ3n) is 2.27. The lowest BCUT2D eigenvalue weighted by molar-refractivity contribution is 0.0874. The molecular formula is C11H16ClN3O3. The predicted octanol–water partition coefficient (Wildman–Crippen LogP) is 0.336. The van der Waals surface area contributed by atoms with Crippen LogP contribution in [0.2, 0.25) is 5.02 Å². The lowest BCUT2D eigenvalue weighted by atomic mass is 10.2. The number of nitrogens with one attached hydrogen (secondary N) is 1. The molecule has 1 aromatic heterocycles. The van der Waals surface area contributed by atoms with Crippen LogP contribution in [0, 0.1) is 0 Å². The van der Waals surface area contributed by atoms with Crippen molar-refractivity contribution in [3.63, 3.8) is 0 Å². The Kier molecular flexibility index (Phi) is 5.46. The van der Waals surface area contributed by atoms with E-state index in [4.69, 9.17) is 21.8 Å². The number of carbonyl (C=O) groups is 1. The first kappa shape index (κ1) is 14.8. The Bertz CT molecular complexity index is 422. The largest absolute Gasteiger partial charge is 0.394 e. The second kappa shape index (κ2) is 6.63. The van der Waals surface area contributed by atoms with Gasteiger partial charge in [0.25, 0.3) is 5.91 Å². The van der Waals surface area contributed by atoms with E-state index in [2.05, 4.69) is 15.3 Å². The quantitative estimate of drug-likeness (QED) is 0.719. The van der Waals surface area contributed by atoms with Gasteiger partial charge in [0.15, 0.2) is 0 Å². The van der Waals surface area contributed by atoms with Gasteiger partial charge in [0.05, 0.1) is 30.5 Å². The smallest absolute Gasteiger partial charge is 0.271 e. The number of nitrogens with zero attached hydrogens (tertiary/aromatic N) is 2. The highest BCUT2D eigenvalue weighted by Crippen LogP contribution is 2.16. The van der Waals surface area contributed by atoms with Crippen LogP contribution in [0.25, 0.3) is 0 Å². The minimum atomic E-state index is -0.731. The number of halogens is 1. The van der Waals surface area contributed by atoms with Gasteiger partial charge in [-0.05, 0) is 0 Å². The Balaban J connectivity index is 2.94. The van der Waals surface area contributed by atoms with E-state index in [9.17, 15) is 4.79 Å². The lowest BCUT2D eigenvalue weighted by Crippen LogP contribution is -2.40. The second-order valence-electron chi connectivity index (χ2n) is 4.11. The Morgan fingerprint density at radius 1 is 1.44 bits per heavy atom. The summed E-state index contributed by atoms with van der Waals surface area (Å²) in [6.07, 6.45) is 1.37. The molecule has 0 aromatic carbocycles. The third kappa shape index (κ3) is 3.63. The maximum Gasteiger partial charge on any atom is 0.271 e. The van der Waals surface area contributed by atoms with Gasteiger partial charge in [0.1, 0.15) is 11.5 Å². The zero-order valence-corrected chi connectivity index (χ0v) is 11.0. The molecule has 0 bridgehead atoms. The summed E-state index contributed by atoms with van der Waals surface area (Å²) in [7, 11) is 0. The van der Waals surface area contributed by atoms with Gasteiger partial charge in [-0.1, -0.05) is 25.4 Å². The van der Waals surface area contributed by atoms with Crippen LogP contribution in [0.1, 0.15) is 36.1 Å². The number of carbonyl (C=O) groups excluding carboxylic acids is 1. The Morgan fingerprint density at radius 2 is 2.06 bits per heavy atom. The molecule has 0 atom stereocenters. The molecule has 0 aliphatic rings. The van der Waals surface area contributed by atoms with E-state index >= 15 is 0 Å². The second-order valence-corrected chi connectivity index (χ2v) is 4.52. The van der Waals surface area contributed by atoms with Gasteiger partial charge in [-0.3, -0.25) is 4.79 Å². The normalized spacial score (nSPS) is 11.1. The van der Waals surface area contributed by atoms with Crippen molar-refractivity contribution in [3.8, 4) is 0 Å². The molecule has 0 saturated carbocycles. The molecule has 1 amide bonds. The van der Waals surface area contributed by atoms with Crippen molar-refractivity contribution in [1.82, 2.24) is 15.3 Å². The van der Waals surface area contributed by atoms with Gasteiger partial charge in [-0.25, -0.2) is 9.97 Å². The fraction of sp³-hybridized carbons (Fsp3) is 0.545. The van der Waals surface area contributed by atoms with Crippen LogP contribution < -0.4 is 5.32 Å². The molecule has 1 rings (SSSR count). The van der Waals surface area contributed by atoms with Crippen LogP contribution in [-0.2, 0) is 0 Å². The van der Waals surface area contributed by atoms with Crippen molar-refractivity contribution >= 4 is 17.5 Å². The molecule has 0 spiro atoms. The van der Waals surface area contributed by atoms with E-state index in [-0.39, 0.29) is 29.8 Å². The summed E-state index contributed by atoms with van der Waals surface area (Å²) in [6.45, 7) is 3.08. The van der Waals surface area contributed by atoms with Crippen LogP contribution in [0.3, 0.4) is 0 Å². The van der Waals surface area contributed by atoms with Gasteiger partial charge < -0.3 is 15.5 Å². The van der Waals surface area contributed by atoms with Gasteiger partial charge in [0, 0.05) is 5.92 Å². The van der Waals surface area contributed by atoms with E-state index < -0.39 is 11.9 Å². The highest BCUT2D eigenvalue weighted by Gasteiger charge is 2.18. The molecule has 0 aliphatic carbocycles. The first-order valence-electron chi connectivity index (χ1n) is 5.54. The number of aliphatic hydroxyl groups is 2. The first-order valence-corrected chi connectivity index (χ1v) is 5.92. The number of aromatic nitrogens is 2. The zero-order chi connectivity index (χ0) is 13.7. The van der Waals surface area contributed by atoms with Gasteiger partial charge >= 0.3 is 0 Å².